The molecule has 1 aliphatic rings. The number of halogens is 1. The zero-order valence-electron chi connectivity index (χ0n) is 16.4. The lowest BCUT2D eigenvalue weighted by Gasteiger charge is -2.29. The summed E-state index contributed by atoms with van der Waals surface area (Å²) in [5, 5.41) is 3.46. The van der Waals surface area contributed by atoms with Gasteiger partial charge in [-0.3, -0.25) is 4.99 Å². The minimum Gasteiger partial charge on any atom is -0.382 e. The third-order valence-corrected chi connectivity index (χ3v) is 4.88. The first-order valence-electron chi connectivity index (χ1n) is 9.24. The maximum absolute atomic E-state index is 13.5. The molecule has 146 valence electrons. The molecule has 1 aliphatic heterocycles. The number of benzene rings is 1. The van der Waals surface area contributed by atoms with Crippen LogP contribution in [0.4, 0.5) is 4.39 Å². The van der Waals surface area contributed by atoms with Crippen LogP contribution in [0.15, 0.2) is 29.3 Å². The third-order valence-electron chi connectivity index (χ3n) is 4.88. The van der Waals surface area contributed by atoms with Crippen molar-refractivity contribution >= 4 is 5.96 Å². The number of aliphatic imine (C=N–C) groups is 1. The van der Waals surface area contributed by atoms with Crippen molar-refractivity contribution in [1.82, 2.24) is 10.2 Å². The van der Waals surface area contributed by atoms with E-state index in [9.17, 15) is 4.39 Å². The molecule has 2 rings (SSSR count). The largest absolute Gasteiger partial charge is 0.382 e. The van der Waals surface area contributed by atoms with E-state index in [-0.39, 0.29) is 11.2 Å². The molecule has 0 amide bonds. The van der Waals surface area contributed by atoms with Crippen molar-refractivity contribution in [2.24, 2.45) is 10.9 Å². The zero-order valence-corrected chi connectivity index (χ0v) is 16.4. The molecule has 26 heavy (non-hydrogen) atoms. The summed E-state index contributed by atoms with van der Waals surface area (Å²) in [5.41, 5.74) is 0.784. The van der Waals surface area contributed by atoms with E-state index in [1.807, 2.05) is 6.07 Å². The quantitative estimate of drug-likeness (QED) is 0.437. The molecule has 0 aromatic heterocycles. The fourth-order valence-corrected chi connectivity index (χ4v) is 3.20. The number of nitrogens with zero attached hydrogens (tertiary/aromatic N) is 2. The molecule has 1 unspecified atom stereocenters. The molecule has 0 bridgehead atoms. The Morgan fingerprint density at radius 2 is 2.19 bits per heavy atom. The van der Waals surface area contributed by atoms with Crippen molar-refractivity contribution in [1.29, 1.82) is 0 Å². The first-order chi connectivity index (χ1) is 12.5. The predicted molar refractivity (Wildman–Crippen MR) is 103 cm³/mol. The Morgan fingerprint density at radius 1 is 1.38 bits per heavy atom. The topological polar surface area (TPSA) is 46.1 Å². The molecule has 0 spiro atoms. The summed E-state index contributed by atoms with van der Waals surface area (Å²) < 4.78 is 24.2. The van der Waals surface area contributed by atoms with Gasteiger partial charge in [0, 0.05) is 45.1 Å². The van der Waals surface area contributed by atoms with Gasteiger partial charge in [-0.05, 0) is 24.1 Å². The molecule has 6 heteroatoms. The highest BCUT2D eigenvalue weighted by molar-refractivity contribution is 5.80. The summed E-state index contributed by atoms with van der Waals surface area (Å²) in [7, 11) is 3.49. The van der Waals surface area contributed by atoms with E-state index in [0.717, 1.165) is 37.6 Å². The number of guanidine groups is 1. The lowest BCUT2D eigenvalue weighted by atomic mass is 9.84. The van der Waals surface area contributed by atoms with Crippen molar-refractivity contribution in [3.8, 4) is 0 Å². The molecular formula is C20H32FN3O2. The molecule has 0 radical (unpaired) electrons. The lowest BCUT2D eigenvalue weighted by Crippen LogP contribution is -2.45. The Hall–Kier alpha value is -1.66. The number of hydrogen-bond acceptors (Lipinski definition) is 3. The van der Waals surface area contributed by atoms with E-state index in [0.29, 0.717) is 25.7 Å². The molecule has 1 heterocycles. The molecule has 1 N–H and O–H groups in total. The van der Waals surface area contributed by atoms with Gasteiger partial charge in [-0.15, -0.1) is 0 Å². The summed E-state index contributed by atoms with van der Waals surface area (Å²) in [4.78, 5) is 6.69. The van der Waals surface area contributed by atoms with Crippen LogP contribution >= 0.6 is 0 Å². The van der Waals surface area contributed by atoms with Crippen LogP contribution in [-0.2, 0) is 14.9 Å². The molecular weight excluding hydrogens is 333 g/mol. The van der Waals surface area contributed by atoms with Gasteiger partial charge < -0.3 is 19.7 Å². The molecule has 1 saturated heterocycles. The standard InChI is InChI=1S/C20H32FN3O2/c1-20(2,17-6-5-7-18(21)12-17)15-23-19(22-3)24-9-8-16(13-24)14-26-11-10-25-4/h5-7,12,16H,8-11,13-15H2,1-4H3,(H,22,23). The highest BCUT2D eigenvalue weighted by atomic mass is 19.1. The minimum atomic E-state index is -0.198. The van der Waals surface area contributed by atoms with Gasteiger partial charge >= 0.3 is 0 Å². The van der Waals surface area contributed by atoms with Gasteiger partial charge in [0.1, 0.15) is 5.82 Å². The zero-order chi connectivity index (χ0) is 19.0. The fraction of sp³-hybridized carbons (Fsp3) is 0.650. The number of likely N-dealkylation sites (tertiary alicyclic amines) is 1. The Morgan fingerprint density at radius 3 is 2.88 bits per heavy atom. The number of hydrogen-bond donors (Lipinski definition) is 1. The second-order valence-corrected chi connectivity index (χ2v) is 7.46. The Balaban J connectivity index is 1.84. The van der Waals surface area contributed by atoms with E-state index >= 15 is 0 Å². The second kappa shape index (κ2) is 9.88. The van der Waals surface area contributed by atoms with Crippen LogP contribution in [-0.4, -0.2) is 64.5 Å². The van der Waals surface area contributed by atoms with E-state index in [4.69, 9.17) is 9.47 Å². The highest BCUT2D eigenvalue weighted by Crippen LogP contribution is 2.23. The smallest absolute Gasteiger partial charge is 0.193 e. The molecule has 1 aromatic carbocycles. The van der Waals surface area contributed by atoms with Crippen LogP contribution in [0.5, 0.6) is 0 Å². The van der Waals surface area contributed by atoms with Gasteiger partial charge in [-0.2, -0.15) is 0 Å². The van der Waals surface area contributed by atoms with Crippen LogP contribution in [0.2, 0.25) is 0 Å². The summed E-state index contributed by atoms with van der Waals surface area (Å²) in [6, 6.07) is 6.81. The normalized spacial score (nSPS) is 18.4. The summed E-state index contributed by atoms with van der Waals surface area (Å²) in [6.45, 7) is 8.85. The van der Waals surface area contributed by atoms with Crippen molar-refractivity contribution in [3.63, 3.8) is 0 Å². The van der Waals surface area contributed by atoms with Crippen LogP contribution in [0, 0.1) is 11.7 Å². The first kappa shape index (κ1) is 20.6. The molecule has 0 saturated carbocycles. The van der Waals surface area contributed by atoms with Crippen molar-refractivity contribution in [3.05, 3.63) is 35.6 Å². The van der Waals surface area contributed by atoms with Crippen LogP contribution < -0.4 is 5.32 Å². The average Bonchev–Trinajstić information content (AvgIpc) is 3.08. The van der Waals surface area contributed by atoms with E-state index < -0.39 is 0 Å². The van der Waals surface area contributed by atoms with E-state index in [2.05, 4.69) is 29.1 Å². The second-order valence-electron chi connectivity index (χ2n) is 7.46. The van der Waals surface area contributed by atoms with E-state index in [1.54, 1.807) is 26.3 Å². The van der Waals surface area contributed by atoms with Crippen LogP contribution in [0.3, 0.4) is 0 Å². The van der Waals surface area contributed by atoms with Gasteiger partial charge in [0.05, 0.1) is 19.8 Å². The molecule has 5 nitrogen and oxygen atoms in total. The van der Waals surface area contributed by atoms with Crippen molar-refractivity contribution in [2.75, 3.05) is 53.6 Å². The van der Waals surface area contributed by atoms with Gasteiger partial charge in [0.25, 0.3) is 0 Å². The predicted octanol–water partition coefficient (Wildman–Crippen LogP) is 2.66. The summed E-state index contributed by atoms with van der Waals surface area (Å²) in [5.74, 6) is 1.21. The van der Waals surface area contributed by atoms with Gasteiger partial charge in [0.15, 0.2) is 5.96 Å². The maximum atomic E-state index is 13.5. The molecule has 1 atom stereocenters. The van der Waals surface area contributed by atoms with Crippen LogP contribution in [0.1, 0.15) is 25.8 Å². The monoisotopic (exact) mass is 365 g/mol. The number of nitrogens with one attached hydrogen (secondary N) is 1. The number of methoxy groups -OCH3 is 1. The fourth-order valence-electron chi connectivity index (χ4n) is 3.20. The van der Waals surface area contributed by atoms with Gasteiger partial charge in [-0.1, -0.05) is 26.0 Å². The summed E-state index contributed by atoms with van der Waals surface area (Å²) >= 11 is 0. The van der Waals surface area contributed by atoms with Gasteiger partial charge in [-0.25, -0.2) is 4.39 Å². The molecule has 0 aliphatic carbocycles. The number of ether oxygens (including phenoxy) is 2. The third kappa shape index (κ3) is 5.95. The molecule has 1 aromatic rings. The van der Waals surface area contributed by atoms with Crippen molar-refractivity contribution in [2.45, 2.75) is 25.7 Å². The van der Waals surface area contributed by atoms with E-state index in [1.165, 1.54) is 6.07 Å². The Bertz CT molecular complexity index is 592. The first-order valence-corrected chi connectivity index (χ1v) is 9.24. The highest BCUT2D eigenvalue weighted by Gasteiger charge is 2.27. The Kier molecular flexibility index (Phi) is 7.85. The lowest BCUT2D eigenvalue weighted by molar-refractivity contribution is 0.0536. The minimum absolute atomic E-state index is 0.194. The number of rotatable bonds is 8. The van der Waals surface area contributed by atoms with Crippen molar-refractivity contribution < 1.29 is 13.9 Å². The maximum Gasteiger partial charge on any atom is 0.193 e. The Labute approximate surface area is 156 Å². The molecule has 1 fully saturated rings. The average molecular weight is 365 g/mol. The van der Waals surface area contributed by atoms with Gasteiger partial charge in [0.2, 0.25) is 0 Å². The van der Waals surface area contributed by atoms with Crippen LogP contribution in [0.25, 0.3) is 0 Å². The summed E-state index contributed by atoms with van der Waals surface area (Å²) in [6.07, 6.45) is 1.10. The SMILES string of the molecule is CN=C(NCC(C)(C)c1cccc(F)c1)N1CCC(COCCOC)C1.